The first-order valence-electron chi connectivity index (χ1n) is 3.89. The molecule has 66 valence electrons. The lowest BCUT2D eigenvalue weighted by atomic mass is 9.98. The molecule has 13 heavy (non-hydrogen) atoms. The van der Waals surface area contributed by atoms with Gasteiger partial charge >= 0.3 is 0 Å². The standard InChI is InChI=1S/C10H7BrO2/c11-8-1-2-10-9(5-8)7(6-12)3-4-13-10/h1-7H. The average Bonchev–Trinajstić information content (AvgIpc) is 2.17. The van der Waals surface area contributed by atoms with Crippen LogP contribution in [0.2, 0.25) is 0 Å². The zero-order valence-electron chi connectivity index (χ0n) is 6.74. The highest BCUT2D eigenvalue weighted by atomic mass is 79.9. The van der Waals surface area contributed by atoms with E-state index < -0.39 is 0 Å². The summed E-state index contributed by atoms with van der Waals surface area (Å²) < 4.78 is 6.21. The van der Waals surface area contributed by atoms with Crippen molar-refractivity contribution in [2.24, 2.45) is 0 Å². The molecule has 1 aromatic rings. The van der Waals surface area contributed by atoms with Crippen molar-refractivity contribution in [2.45, 2.75) is 5.92 Å². The van der Waals surface area contributed by atoms with E-state index in [9.17, 15) is 4.79 Å². The van der Waals surface area contributed by atoms with Crippen molar-refractivity contribution in [1.82, 2.24) is 0 Å². The predicted molar refractivity (Wildman–Crippen MR) is 52.7 cm³/mol. The maximum absolute atomic E-state index is 10.7. The summed E-state index contributed by atoms with van der Waals surface area (Å²) in [5, 5.41) is 0. The lowest BCUT2D eigenvalue weighted by molar-refractivity contribution is -0.108. The molecule has 0 N–H and O–H groups in total. The van der Waals surface area contributed by atoms with Gasteiger partial charge in [0, 0.05) is 10.0 Å². The molecule has 2 rings (SSSR count). The molecule has 1 heterocycles. The monoisotopic (exact) mass is 238 g/mol. The van der Waals surface area contributed by atoms with Crippen LogP contribution in [0.5, 0.6) is 5.75 Å². The van der Waals surface area contributed by atoms with E-state index in [1.54, 1.807) is 12.3 Å². The van der Waals surface area contributed by atoms with Crippen molar-refractivity contribution in [3.63, 3.8) is 0 Å². The molecule has 1 aliphatic rings. The number of ether oxygens (including phenoxy) is 1. The Bertz CT molecular complexity index is 371. The molecular formula is C10H7BrO2. The third kappa shape index (κ3) is 1.52. The molecule has 0 radical (unpaired) electrons. The molecule has 0 amide bonds. The third-order valence-electron chi connectivity index (χ3n) is 1.96. The van der Waals surface area contributed by atoms with Crippen LogP contribution in [0, 0.1) is 0 Å². The van der Waals surface area contributed by atoms with E-state index in [2.05, 4.69) is 15.9 Å². The van der Waals surface area contributed by atoms with Gasteiger partial charge in [-0.15, -0.1) is 0 Å². The van der Waals surface area contributed by atoms with Gasteiger partial charge in [-0.3, -0.25) is 0 Å². The summed E-state index contributed by atoms with van der Waals surface area (Å²) in [4.78, 5) is 10.7. The lowest BCUT2D eigenvalue weighted by Crippen LogP contribution is -2.04. The van der Waals surface area contributed by atoms with Crippen LogP contribution in [0.1, 0.15) is 11.5 Å². The molecule has 0 spiro atoms. The minimum absolute atomic E-state index is 0.179. The maximum Gasteiger partial charge on any atom is 0.131 e. The van der Waals surface area contributed by atoms with Gasteiger partial charge in [0.1, 0.15) is 12.0 Å². The van der Waals surface area contributed by atoms with Crippen molar-refractivity contribution in [1.29, 1.82) is 0 Å². The molecular weight excluding hydrogens is 232 g/mol. The molecule has 0 aliphatic carbocycles. The van der Waals surface area contributed by atoms with E-state index in [1.807, 2.05) is 18.2 Å². The van der Waals surface area contributed by atoms with Gasteiger partial charge in [-0.05, 0) is 24.3 Å². The normalized spacial score (nSPS) is 19.0. The number of rotatable bonds is 1. The Morgan fingerprint density at radius 3 is 3.08 bits per heavy atom. The molecule has 0 bridgehead atoms. The van der Waals surface area contributed by atoms with Crippen LogP contribution in [-0.2, 0) is 4.79 Å². The Kier molecular flexibility index (Phi) is 2.19. The largest absolute Gasteiger partial charge is 0.465 e. The highest BCUT2D eigenvalue weighted by Crippen LogP contribution is 2.32. The van der Waals surface area contributed by atoms with Crippen molar-refractivity contribution >= 4 is 22.2 Å². The molecule has 1 aromatic carbocycles. The molecule has 1 aliphatic heterocycles. The fraction of sp³-hybridized carbons (Fsp3) is 0.100. The van der Waals surface area contributed by atoms with Crippen molar-refractivity contribution < 1.29 is 9.53 Å². The van der Waals surface area contributed by atoms with Crippen LogP contribution in [0.25, 0.3) is 0 Å². The van der Waals surface area contributed by atoms with Crippen molar-refractivity contribution in [3.05, 3.63) is 40.6 Å². The Hall–Kier alpha value is -1.09. The number of hydrogen-bond donors (Lipinski definition) is 0. The van der Waals surface area contributed by atoms with Gasteiger partial charge < -0.3 is 9.53 Å². The van der Waals surface area contributed by atoms with Crippen molar-refractivity contribution in [2.75, 3.05) is 0 Å². The number of halogens is 1. The molecule has 0 aromatic heterocycles. The Morgan fingerprint density at radius 2 is 2.31 bits per heavy atom. The van der Waals surface area contributed by atoms with Gasteiger partial charge in [0.15, 0.2) is 0 Å². The fourth-order valence-electron chi connectivity index (χ4n) is 1.31. The molecule has 0 fully saturated rings. The van der Waals surface area contributed by atoms with Gasteiger partial charge in [-0.25, -0.2) is 0 Å². The molecule has 1 atom stereocenters. The Morgan fingerprint density at radius 1 is 1.46 bits per heavy atom. The van der Waals surface area contributed by atoms with Gasteiger partial charge in [-0.2, -0.15) is 0 Å². The zero-order valence-corrected chi connectivity index (χ0v) is 8.32. The van der Waals surface area contributed by atoms with Gasteiger partial charge in [0.2, 0.25) is 0 Å². The van der Waals surface area contributed by atoms with E-state index in [0.29, 0.717) is 0 Å². The quantitative estimate of drug-likeness (QED) is 0.704. The predicted octanol–water partition coefficient (Wildman–Crippen LogP) is 2.64. The van der Waals surface area contributed by atoms with E-state index in [1.165, 1.54) is 0 Å². The minimum Gasteiger partial charge on any atom is -0.465 e. The number of allylic oxidation sites excluding steroid dienone is 1. The summed E-state index contributed by atoms with van der Waals surface area (Å²) >= 11 is 3.35. The Balaban J connectivity index is 2.52. The summed E-state index contributed by atoms with van der Waals surface area (Å²) in [6.45, 7) is 0. The molecule has 1 unspecified atom stereocenters. The van der Waals surface area contributed by atoms with Crippen LogP contribution < -0.4 is 4.74 Å². The highest BCUT2D eigenvalue weighted by Gasteiger charge is 2.16. The number of hydrogen-bond acceptors (Lipinski definition) is 2. The van der Waals surface area contributed by atoms with E-state index >= 15 is 0 Å². The Labute approximate surface area is 84.3 Å². The third-order valence-corrected chi connectivity index (χ3v) is 2.45. The first-order valence-corrected chi connectivity index (χ1v) is 4.68. The first-order chi connectivity index (χ1) is 6.31. The van der Waals surface area contributed by atoms with Gasteiger partial charge in [0.05, 0.1) is 12.2 Å². The molecule has 2 nitrogen and oxygen atoms in total. The molecule has 0 saturated carbocycles. The van der Waals surface area contributed by atoms with Crippen LogP contribution in [0.3, 0.4) is 0 Å². The van der Waals surface area contributed by atoms with E-state index in [0.717, 1.165) is 22.1 Å². The van der Waals surface area contributed by atoms with Crippen molar-refractivity contribution in [3.8, 4) is 5.75 Å². The number of carbonyl (C=O) groups is 1. The first kappa shape index (κ1) is 8.51. The summed E-state index contributed by atoms with van der Waals surface area (Å²) in [6, 6.07) is 5.64. The number of aldehydes is 1. The number of fused-ring (bicyclic) bond motifs is 1. The zero-order chi connectivity index (χ0) is 9.26. The summed E-state index contributed by atoms with van der Waals surface area (Å²) in [6.07, 6.45) is 4.20. The summed E-state index contributed by atoms with van der Waals surface area (Å²) in [7, 11) is 0. The van der Waals surface area contributed by atoms with Crippen LogP contribution in [0.4, 0.5) is 0 Å². The van der Waals surface area contributed by atoms with E-state index in [-0.39, 0.29) is 5.92 Å². The van der Waals surface area contributed by atoms with Gasteiger partial charge in [-0.1, -0.05) is 15.9 Å². The van der Waals surface area contributed by atoms with Crippen LogP contribution in [0.15, 0.2) is 35.0 Å². The number of benzene rings is 1. The second kappa shape index (κ2) is 3.34. The topological polar surface area (TPSA) is 26.3 Å². The number of carbonyl (C=O) groups excluding carboxylic acids is 1. The average molecular weight is 239 g/mol. The summed E-state index contributed by atoms with van der Waals surface area (Å²) in [5.74, 6) is 0.573. The maximum atomic E-state index is 10.7. The summed E-state index contributed by atoms with van der Waals surface area (Å²) in [5.41, 5.74) is 0.909. The molecule has 0 saturated heterocycles. The molecule has 3 heteroatoms. The fourth-order valence-corrected chi connectivity index (χ4v) is 1.69. The highest BCUT2D eigenvalue weighted by molar-refractivity contribution is 9.10. The lowest BCUT2D eigenvalue weighted by Gasteiger charge is -2.16. The van der Waals surface area contributed by atoms with Gasteiger partial charge in [0.25, 0.3) is 0 Å². The smallest absolute Gasteiger partial charge is 0.131 e. The van der Waals surface area contributed by atoms with E-state index in [4.69, 9.17) is 4.74 Å². The second-order valence-corrected chi connectivity index (χ2v) is 3.71. The SMILES string of the molecule is O=CC1C=COc2ccc(Br)cc21. The minimum atomic E-state index is -0.179. The van der Waals surface area contributed by atoms with Crippen LogP contribution >= 0.6 is 15.9 Å². The second-order valence-electron chi connectivity index (χ2n) is 2.79. The van der Waals surface area contributed by atoms with Crippen LogP contribution in [-0.4, -0.2) is 6.29 Å².